The van der Waals surface area contributed by atoms with Gasteiger partial charge in [-0.1, -0.05) is 15.9 Å². The monoisotopic (exact) mass is 270 g/mol. The van der Waals surface area contributed by atoms with Crippen molar-refractivity contribution in [2.24, 2.45) is 0 Å². The van der Waals surface area contributed by atoms with Crippen molar-refractivity contribution in [3.63, 3.8) is 0 Å². The molecule has 3 nitrogen and oxygen atoms in total. The van der Waals surface area contributed by atoms with Gasteiger partial charge in [0.1, 0.15) is 5.75 Å². The second kappa shape index (κ2) is 3.47. The number of hydrogen-bond donors (Lipinski definition) is 0. The Morgan fingerprint density at radius 2 is 1.93 bits per heavy atom. The summed E-state index contributed by atoms with van der Waals surface area (Å²) in [5.74, 6) is 0.311. The average molecular weight is 271 g/mol. The minimum Gasteiger partial charge on any atom is -0.493 e. The maximum absolute atomic E-state index is 5.73. The second-order valence-electron chi connectivity index (χ2n) is 3.69. The van der Waals surface area contributed by atoms with Crippen molar-refractivity contribution >= 4 is 15.9 Å². The van der Waals surface area contributed by atoms with E-state index in [4.69, 9.17) is 14.2 Å². The van der Waals surface area contributed by atoms with Gasteiger partial charge in [-0.3, -0.25) is 0 Å². The van der Waals surface area contributed by atoms with Gasteiger partial charge in [0.2, 0.25) is 5.79 Å². The quantitative estimate of drug-likeness (QED) is 0.725. The summed E-state index contributed by atoms with van der Waals surface area (Å²) in [6, 6.07) is 5.95. The predicted octanol–water partition coefficient (Wildman–Crippen LogP) is 2.43. The van der Waals surface area contributed by atoms with E-state index >= 15 is 0 Å². The first kappa shape index (κ1) is 9.63. The zero-order valence-corrected chi connectivity index (χ0v) is 9.75. The smallest absolute Gasteiger partial charge is 0.201 e. The van der Waals surface area contributed by atoms with Crippen LogP contribution in [0.15, 0.2) is 22.7 Å². The first-order valence-corrected chi connectivity index (χ1v) is 5.80. The van der Waals surface area contributed by atoms with E-state index in [-0.39, 0.29) is 0 Å². The van der Waals surface area contributed by atoms with Crippen LogP contribution in [-0.2, 0) is 15.3 Å². The molecule has 1 fully saturated rings. The molecule has 0 unspecified atom stereocenters. The van der Waals surface area contributed by atoms with Crippen LogP contribution >= 0.6 is 15.9 Å². The molecule has 15 heavy (non-hydrogen) atoms. The van der Waals surface area contributed by atoms with Gasteiger partial charge in [0, 0.05) is 10.9 Å². The first-order chi connectivity index (χ1) is 7.30. The summed E-state index contributed by atoms with van der Waals surface area (Å²) in [5, 5.41) is 0. The number of halogens is 1. The molecule has 0 radical (unpaired) electrons. The maximum atomic E-state index is 5.73. The van der Waals surface area contributed by atoms with Crippen LogP contribution in [0.2, 0.25) is 0 Å². The molecular formula is C11H11BrO3. The van der Waals surface area contributed by atoms with Crippen LogP contribution in [0.25, 0.3) is 0 Å². The van der Waals surface area contributed by atoms with Crippen LogP contribution in [0.4, 0.5) is 0 Å². The van der Waals surface area contributed by atoms with Gasteiger partial charge in [-0.25, -0.2) is 0 Å². The summed E-state index contributed by atoms with van der Waals surface area (Å²) < 4.78 is 18.1. The normalized spacial score (nSPS) is 22.5. The molecule has 80 valence electrons. The van der Waals surface area contributed by atoms with Crippen LogP contribution < -0.4 is 4.74 Å². The average Bonchev–Trinajstić information content (AvgIpc) is 2.67. The topological polar surface area (TPSA) is 27.7 Å². The van der Waals surface area contributed by atoms with Crippen LogP contribution in [0.3, 0.4) is 0 Å². The van der Waals surface area contributed by atoms with Crippen LogP contribution in [0.1, 0.15) is 12.0 Å². The van der Waals surface area contributed by atoms with Crippen molar-refractivity contribution in [3.05, 3.63) is 28.2 Å². The minimum absolute atomic E-state index is 0.547. The highest BCUT2D eigenvalue weighted by molar-refractivity contribution is 9.10. The molecule has 1 spiro atoms. The third kappa shape index (κ3) is 1.48. The Hall–Kier alpha value is -0.580. The number of rotatable bonds is 0. The number of hydrogen-bond acceptors (Lipinski definition) is 3. The molecule has 2 aliphatic rings. The zero-order chi connectivity index (χ0) is 10.3. The summed E-state index contributed by atoms with van der Waals surface area (Å²) in [5.41, 5.74) is 1.01. The molecule has 4 heteroatoms. The third-order valence-electron chi connectivity index (χ3n) is 2.80. The predicted molar refractivity (Wildman–Crippen MR) is 57.8 cm³/mol. The van der Waals surface area contributed by atoms with Crippen LogP contribution in [0.5, 0.6) is 5.75 Å². The largest absolute Gasteiger partial charge is 0.493 e. The number of fused-ring (bicyclic) bond motifs is 2. The summed E-state index contributed by atoms with van der Waals surface area (Å²) >= 11 is 3.43. The standard InChI is InChI=1S/C11H11BrO3/c12-8-1-2-9-10(7-8)13-4-3-11(9)14-5-6-15-11/h1-2,7H,3-6H2. The van der Waals surface area contributed by atoms with Crippen molar-refractivity contribution in [2.45, 2.75) is 12.2 Å². The lowest BCUT2D eigenvalue weighted by atomic mass is 9.99. The van der Waals surface area contributed by atoms with E-state index < -0.39 is 5.79 Å². The van der Waals surface area contributed by atoms with Crippen molar-refractivity contribution in [1.82, 2.24) is 0 Å². The molecule has 0 atom stereocenters. The molecule has 0 saturated carbocycles. The fraction of sp³-hybridized carbons (Fsp3) is 0.455. The molecule has 0 aliphatic carbocycles. The molecular weight excluding hydrogens is 260 g/mol. The lowest BCUT2D eigenvalue weighted by molar-refractivity contribution is -0.183. The summed E-state index contributed by atoms with van der Waals surface area (Å²) in [4.78, 5) is 0. The molecule has 0 amide bonds. The van der Waals surface area contributed by atoms with Gasteiger partial charge in [-0.15, -0.1) is 0 Å². The molecule has 1 aromatic rings. The van der Waals surface area contributed by atoms with Gasteiger partial charge >= 0.3 is 0 Å². The molecule has 2 heterocycles. The van der Waals surface area contributed by atoms with Crippen molar-refractivity contribution < 1.29 is 14.2 Å². The van der Waals surface area contributed by atoms with E-state index in [1.165, 1.54) is 0 Å². The summed E-state index contributed by atoms with van der Waals surface area (Å²) in [6.45, 7) is 1.97. The number of benzene rings is 1. The highest BCUT2D eigenvalue weighted by Gasteiger charge is 2.43. The Kier molecular flexibility index (Phi) is 2.23. The van der Waals surface area contributed by atoms with E-state index in [9.17, 15) is 0 Å². The summed E-state index contributed by atoms with van der Waals surface area (Å²) in [6.07, 6.45) is 0.766. The Morgan fingerprint density at radius 3 is 2.73 bits per heavy atom. The van der Waals surface area contributed by atoms with Gasteiger partial charge in [0.25, 0.3) is 0 Å². The van der Waals surface area contributed by atoms with Gasteiger partial charge in [-0.2, -0.15) is 0 Å². The second-order valence-corrected chi connectivity index (χ2v) is 4.60. The van der Waals surface area contributed by atoms with Crippen LogP contribution in [-0.4, -0.2) is 19.8 Å². The lowest BCUT2D eigenvalue weighted by Gasteiger charge is -2.33. The van der Waals surface area contributed by atoms with Crippen LogP contribution in [0, 0.1) is 0 Å². The molecule has 0 aromatic heterocycles. The lowest BCUT2D eigenvalue weighted by Crippen LogP contribution is -2.33. The van der Waals surface area contributed by atoms with E-state index in [1.807, 2.05) is 18.2 Å². The Bertz CT molecular complexity index is 385. The SMILES string of the molecule is Brc1ccc2c(c1)OCCC21OCCO1. The molecule has 1 aromatic carbocycles. The Labute approximate surface area is 96.5 Å². The third-order valence-corrected chi connectivity index (χ3v) is 3.29. The van der Waals surface area contributed by atoms with Gasteiger partial charge in [0.15, 0.2) is 0 Å². The summed E-state index contributed by atoms with van der Waals surface area (Å²) in [7, 11) is 0. The maximum Gasteiger partial charge on any atom is 0.201 e. The molecule has 3 rings (SSSR count). The van der Waals surface area contributed by atoms with Gasteiger partial charge in [0.05, 0.1) is 25.4 Å². The molecule has 2 aliphatic heterocycles. The highest BCUT2D eigenvalue weighted by Crippen LogP contribution is 2.43. The Balaban J connectivity index is 2.10. The highest BCUT2D eigenvalue weighted by atomic mass is 79.9. The number of ether oxygens (including phenoxy) is 3. The van der Waals surface area contributed by atoms with Crippen molar-refractivity contribution in [1.29, 1.82) is 0 Å². The van der Waals surface area contributed by atoms with E-state index in [1.54, 1.807) is 0 Å². The van der Waals surface area contributed by atoms with Crippen molar-refractivity contribution in [3.8, 4) is 5.75 Å². The van der Waals surface area contributed by atoms with Crippen molar-refractivity contribution in [2.75, 3.05) is 19.8 Å². The van der Waals surface area contributed by atoms with E-state index in [0.717, 1.165) is 22.2 Å². The first-order valence-electron chi connectivity index (χ1n) is 5.01. The Morgan fingerprint density at radius 1 is 1.13 bits per heavy atom. The fourth-order valence-corrected chi connectivity index (χ4v) is 2.45. The zero-order valence-electron chi connectivity index (χ0n) is 8.16. The molecule has 1 saturated heterocycles. The molecule has 0 bridgehead atoms. The minimum atomic E-state index is -0.547. The fourth-order valence-electron chi connectivity index (χ4n) is 2.11. The molecule has 0 N–H and O–H groups in total. The van der Waals surface area contributed by atoms with E-state index in [2.05, 4.69) is 15.9 Å². The van der Waals surface area contributed by atoms with E-state index in [0.29, 0.717) is 19.8 Å². The van der Waals surface area contributed by atoms with Gasteiger partial charge < -0.3 is 14.2 Å². The van der Waals surface area contributed by atoms with Gasteiger partial charge in [-0.05, 0) is 18.2 Å².